The summed E-state index contributed by atoms with van der Waals surface area (Å²) < 4.78 is 0. The summed E-state index contributed by atoms with van der Waals surface area (Å²) in [7, 11) is 0. The van der Waals surface area contributed by atoms with Crippen LogP contribution in [0.1, 0.15) is 36.2 Å². The zero-order chi connectivity index (χ0) is 15.3. The number of nitrogens with zero attached hydrogens (tertiary/aromatic N) is 1. The van der Waals surface area contributed by atoms with Crippen molar-refractivity contribution in [2.75, 3.05) is 18.0 Å². The topological polar surface area (TPSA) is 77.8 Å². The van der Waals surface area contributed by atoms with E-state index >= 15 is 0 Å². The largest absolute Gasteiger partial charge is 0.481 e. The molecule has 0 bridgehead atoms. The molecular weight excluding hydrogens is 258 g/mol. The molecule has 1 rings (SSSR count). The van der Waals surface area contributed by atoms with E-state index in [-0.39, 0.29) is 12.0 Å². The number of benzene rings is 1. The Bertz CT molecular complexity index is 497. The molecule has 1 aromatic rings. The van der Waals surface area contributed by atoms with Crippen molar-refractivity contribution < 1.29 is 19.8 Å². The smallest absolute Gasteiger partial charge is 0.335 e. The van der Waals surface area contributed by atoms with Crippen molar-refractivity contribution in [3.8, 4) is 0 Å². The predicted molar refractivity (Wildman–Crippen MR) is 77.4 cm³/mol. The molecule has 110 valence electrons. The van der Waals surface area contributed by atoms with E-state index in [0.29, 0.717) is 19.0 Å². The second-order valence-corrected chi connectivity index (χ2v) is 5.29. The maximum absolute atomic E-state index is 11.1. The Morgan fingerprint density at radius 1 is 1.25 bits per heavy atom. The summed E-state index contributed by atoms with van der Waals surface area (Å²) in [4.78, 5) is 23.8. The van der Waals surface area contributed by atoms with E-state index in [1.54, 1.807) is 18.2 Å². The molecule has 1 aromatic carbocycles. The van der Waals surface area contributed by atoms with Crippen molar-refractivity contribution >= 4 is 17.6 Å². The summed E-state index contributed by atoms with van der Waals surface area (Å²) in [6.07, 6.45) is 0.0312. The van der Waals surface area contributed by atoms with Crippen LogP contribution < -0.4 is 4.90 Å². The Kier molecular flexibility index (Phi) is 5.55. The third kappa shape index (κ3) is 4.57. The zero-order valence-electron chi connectivity index (χ0n) is 12.1. The normalized spacial score (nSPS) is 10.6. The molecule has 0 atom stereocenters. The van der Waals surface area contributed by atoms with Gasteiger partial charge < -0.3 is 15.1 Å². The molecule has 0 saturated heterocycles. The molecular formula is C15H21NO4. The van der Waals surface area contributed by atoms with Crippen LogP contribution in [-0.2, 0) is 4.79 Å². The minimum atomic E-state index is -0.978. The molecule has 5 heteroatoms. The molecule has 0 aromatic heterocycles. The van der Waals surface area contributed by atoms with Gasteiger partial charge in [0.15, 0.2) is 0 Å². The molecule has 0 heterocycles. The number of rotatable bonds is 7. The first-order valence-electron chi connectivity index (χ1n) is 6.62. The number of hydrogen-bond acceptors (Lipinski definition) is 3. The fourth-order valence-corrected chi connectivity index (χ4v) is 2.06. The van der Waals surface area contributed by atoms with Crippen molar-refractivity contribution in [3.63, 3.8) is 0 Å². The fraction of sp³-hybridized carbons (Fsp3) is 0.467. The van der Waals surface area contributed by atoms with Gasteiger partial charge in [0, 0.05) is 18.8 Å². The Hall–Kier alpha value is -2.04. The van der Waals surface area contributed by atoms with Gasteiger partial charge in [-0.15, -0.1) is 0 Å². The van der Waals surface area contributed by atoms with E-state index < -0.39 is 11.9 Å². The second kappa shape index (κ2) is 6.93. The van der Waals surface area contributed by atoms with Crippen LogP contribution in [0.2, 0.25) is 0 Å². The lowest BCUT2D eigenvalue weighted by Gasteiger charge is -2.28. The van der Waals surface area contributed by atoms with Gasteiger partial charge in [-0.3, -0.25) is 4.79 Å². The van der Waals surface area contributed by atoms with Gasteiger partial charge in [-0.05, 0) is 30.5 Å². The average molecular weight is 279 g/mol. The van der Waals surface area contributed by atoms with Crippen LogP contribution in [0.25, 0.3) is 0 Å². The molecule has 0 unspecified atom stereocenters. The molecule has 0 saturated carbocycles. The lowest BCUT2D eigenvalue weighted by molar-refractivity contribution is -0.136. The number of aromatic carboxylic acids is 1. The first kappa shape index (κ1) is 16.0. The van der Waals surface area contributed by atoms with Crippen LogP contribution in [0.3, 0.4) is 0 Å². The third-order valence-electron chi connectivity index (χ3n) is 2.98. The quantitative estimate of drug-likeness (QED) is 0.802. The molecule has 0 aliphatic carbocycles. The number of carbonyl (C=O) groups is 2. The first-order chi connectivity index (χ1) is 9.31. The molecule has 5 nitrogen and oxygen atoms in total. The highest BCUT2D eigenvalue weighted by atomic mass is 16.4. The van der Waals surface area contributed by atoms with E-state index in [0.717, 1.165) is 11.3 Å². The second-order valence-electron chi connectivity index (χ2n) is 5.29. The summed E-state index contributed by atoms with van der Waals surface area (Å²) in [6.45, 7) is 7.05. The van der Waals surface area contributed by atoms with Crippen LogP contribution in [0, 0.1) is 12.8 Å². The molecule has 2 N–H and O–H groups in total. The van der Waals surface area contributed by atoms with Gasteiger partial charge in [0.25, 0.3) is 0 Å². The van der Waals surface area contributed by atoms with Crippen LogP contribution in [-0.4, -0.2) is 35.2 Å². The van der Waals surface area contributed by atoms with Gasteiger partial charge in [0.2, 0.25) is 0 Å². The number of hydrogen-bond donors (Lipinski definition) is 2. The van der Waals surface area contributed by atoms with Crippen LogP contribution >= 0.6 is 0 Å². The number of anilines is 1. The van der Waals surface area contributed by atoms with Gasteiger partial charge in [-0.2, -0.15) is 0 Å². The van der Waals surface area contributed by atoms with Crippen molar-refractivity contribution in [2.45, 2.75) is 27.2 Å². The Morgan fingerprint density at radius 2 is 1.90 bits per heavy atom. The van der Waals surface area contributed by atoms with Crippen molar-refractivity contribution in [2.24, 2.45) is 5.92 Å². The fourth-order valence-electron chi connectivity index (χ4n) is 2.06. The van der Waals surface area contributed by atoms with Crippen molar-refractivity contribution in [1.82, 2.24) is 0 Å². The van der Waals surface area contributed by atoms with Crippen LogP contribution in [0.5, 0.6) is 0 Å². The van der Waals surface area contributed by atoms with Crippen molar-refractivity contribution in [1.29, 1.82) is 0 Å². The number of carboxylic acid groups (broad SMARTS) is 2. The lowest BCUT2D eigenvalue weighted by Crippen LogP contribution is -2.30. The molecule has 0 aliphatic rings. The van der Waals surface area contributed by atoms with Crippen LogP contribution in [0.4, 0.5) is 5.69 Å². The highest BCUT2D eigenvalue weighted by Crippen LogP contribution is 2.23. The minimum Gasteiger partial charge on any atom is -0.481 e. The summed E-state index contributed by atoms with van der Waals surface area (Å²) in [5.74, 6) is -1.48. The SMILES string of the molecule is Cc1ccc(C(=O)O)cc1N(CCC(=O)O)CC(C)C. The number of aliphatic carboxylic acids is 1. The molecule has 0 fully saturated rings. The Balaban J connectivity index is 3.07. The van der Waals surface area contributed by atoms with E-state index in [1.807, 2.05) is 25.7 Å². The molecule has 0 radical (unpaired) electrons. The number of carboxylic acids is 2. The molecule has 0 spiro atoms. The van der Waals surface area contributed by atoms with Gasteiger partial charge in [0.1, 0.15) is 0 Å². The molecule has 0 amide bonds. The molecule has 20 heavy (non-hydrogen) atoms. The first-order valence-corrected chi connectivity index (χ1v) is 6.62. The zero-order valence-corrected chi connectivity index (χ0v) is 12.1. The standard InChI is InChI=1S/C15H21NO4/c1-10(2)9-16(7-6-14(17)18)13-8-12(15(19)20)5-4-11(13)3/h4-5,8,10H,6-7,9H2,1-3H3,(H,17,18)(H,19,20). The van der Waals surface area contributed by atoms with E-state index in [2.05, 4.69) is 0 Å². The lowest BCUT2D eigenvalue weighted by atomic mass is 10.1. The predicted octanol–water partition coefficient (Wildman–Crippen LogP) is 2.63. The summed E-state index contributed by atoms with van der Waals surface area (Å²) in [6, 6.07) is 4.93. The number of aryl methyl sites for hydroxylation is 1. The summed E-state index contributed by atoms with van der Waals surface area (Å²) in [5, 5.41) is 17.9. The van der Waals surface area contributed by atoms with E-state index in [1.165, 1.54) is 0 Å². The summed E-state index contributed by atoms with van der Waals surface area (Å²) in [5.41, 5.74) is 1.95. The van der Waals surface area contributed by atoms with Gasteiger partial charge >= 0.3 is 11.9 Å². The maximum Gasteiger partial charge on any atom is 0.335 e. The molecule has 0 aliphatic heterocycles. The Labute approximate surface area is 118 Å². The van der Waals surface area contributed by atoms with Gasteiger partial charge in [0.05, 0.1) is 12.0 Å². The van der Waals surface area contributed by atoms with E-state index in [9.17, 15) is 9.59 Å². The maximum atomic E-state index is 11.1. The summed E-state index contributed by atoms with van der Waals surface area (Å²) >= 11 is 0. The average Bonchev–Trinajstić information content (AvgIpc) is 2.34. The van der Waals surface area contributed by atoms with Crippen molar-refractivity contribution in [3.05, 3.63) is 29.3 Å². The highest BCUT2D eigenvalue weighted by molar-refractivity contribution is 5.89. The minimum absolute atomic E-state index is 0.0312. The van der Waals surface area contributed by atoms with Crippen LogP contribution in [0.15, 0.2) is 18.2 Å². The van der Waals surface area contributed by atoms with Gasteiger partial charge in [-0.25, -0.2) is 4.79 Å². The Morgan fingerprint density at radius 3 is 2.40 bits per heavy atom. The highest BCUT2D eigenvalue weighted by Gasteiger charge is 2.15. The monoisotopic (exact) mass is 279 g/mol. The van der Waals surface area contributed by atoms with Gasteiger partial charge in [-0.1, -0.05) is 19.9 Å². The van der Waals surface area contributed by atoms with E-state index in [4.69, 9.17) is 10.2 Å². The third-order valence-corrected chi connectivity index (χ3v) is 2.98.